The minimum absolute atomic E-state index is 0.161. The van der Waals surface area contributed by atoms with Crippen molar-refractivity contribution in [2.75, 3.05) is 6.54 Å². The highest BCUT2D eigenvalue weighted by molar-refractivity contribution is 6.31. The maximum absolute atomic E-state index is 6.36. The van der Waals surface area contributed by atoms with Gasteiger partial charge >= 0.3 is 0 Å². The molecular formula is C17H18ClN. The van der Waals surface area contributed by atoms with E-state index in [2.05, 4.69) is 49.5 Å². The molecule has 0 saturated heterocycles. The van der Waals surface area contributed by atoms with Gasteiger partial charge in [-0.25, -0.2) is 0 Å². The second-order valence-corrected chi connectivity index (χ2v) is 6.21. The van der Waals surface area contributed by atoms with Crippen molar-refractivity contribution in [1.82, 2.24) is 5.32 Å². The van der Waals surface area contributed by atoms with Gasteiger partial charge in [0.15, 0.2) is 0 Å². The molecule has 3 rings (SSSR count). The number of rotatable bonds is 1. The minimum atomic E-state index is 0.161. The lowest BCUT2D eigenvalue weighted by atomic mass is 9.75. The zero-order valence-electron chi connectivity index (χ0n) is 11.3. The average molecular weight is 272 g/mol. The molecule has 0 radical (unpaired) electrons. The van der Waals surface area contributed by atoms with Gasteiger partial charge < -0.3 is 5.32 Å². The molecule has 19 heavy (non-hydrogen) atoms. The number of halogens is 1. The Labute approximate surface area is 119 Å². The van der Waals surface area contributed by atoms with Gasteiger partial charge in [0.2, 0.25) is 0 Å². The summed E-state index contributed by atoms with van der Waals surface area (Å²) in [4.78, 5) is 0. The molecule has 1 N–H and O–H groups in total. The van der Waals surface area contributed by atoms with Crippen LogP contribution in [-0.2, 0) is 5.41 Å². The number of hydrogen-bond acceptors (Lipinski definition) is 1. The quantitative estimate of drug-likeness (QED) is 0.815. The summed E-state index contributed by atoms with van der Waals surface area (Å²) in [6, 6.07) is 16.9. The van der Waals surface area contributed by atoms with Gasteiger partial charge in [-0.05, 0) is 22.8 Å². The van der Waals surface area contributed by atoms with Crippen LogP contribution in [0.15, 0.2) is 48.5 Å². The molecule has 0 fully saturated rings. The highest BCUT2D eigenvalue weighted by Crippen LogP contribution is 2.38. The first-order chi connectivity index (χ1) is 9.09. The van der Waals surface area contributed by atoms with Crippen LogP contribution in [0.4, 0.5) is 0 Å². The Morgan fingerprint density at radius 3 is 2.37 bits per heavy atom. The molecule has 1 nitrogen and oxygen atoms in total. The van der Waals surface area contributed by atoms with Crippen molar-refractivity contribution in [3.63, 3.8) is 0 Å². The molecule has 0 spiro atoms. The molecule has 1 heterocycles. The van der Waals surface area contributed by atoms with Crippen molar-refractivity contribution in [2.45, 2.75) is 25.3 Å². The Hall–Kier alpha value is -1.31. The minimum Gasteiger partial charge on any atom is -0.305 e. The van der Waals surface area contributed by atoms with E-state index in [9.17, 15) is 0 Å². The first-order valence-corrected chi connectivity index (χ1v) is 7.04. The van der Waals surface area contributed by atoms with Gasteiger partial charge in [0.1, 0.15) is 0 Å². The number of nitrogens with one attached hydrogen (secondary N) is 1. The van der Waals surface area contributed by atoms with Gasteiger partial charge in [-0.3, -0.25) is 0 Å². The average Bonchev–Trinajstić information content (AvgIpc) is 2.41. The molecule has 0 saturated carbocycles. The van der Waals surface area contributed by atoms with Crippen LogP contribution in [0.5, 0.6) is 0 Å². The molecule has 0 amide bonds. The lowest BCUT2D eigenvalue weighted by Gasteiger charge is -2.38. The van der Waals surface area contributed by atoms with Crippen LogP contribution < -0.4 is 5.32 Å². The summed E-state index contributed by atoms with van der Waals surface area (Å²) in [6.45, 7) is 5.52. The predicted octanol–water partition coefficient (Wildman–Crippen LogP) is 4.31. The fourth-order valence-corrected chi connectivity index (χ4v) is 3.16. The fraction of sp³-hybridized carbons (Fsp3) is 0.294. The molecule has 1 aliphatic heterocycles. The lowest BCUT2D eigenvalue weighted by Crippen LogP contribution is -2.42. The molecule has 0 aliphatic carbocycles. The van der Waals surface area contributed by atoms with Gasteiger partial charge in [0.05, 0.1) is 6.04 Å². The van der Waals surface area contributed by atoms with Crippen molar-refractivity contribution in [3.05, 3.63) is 70.2 Å². The van der Waals surface area contributed by atoms with Crippen molar-refractivity contribution >= 4 is 11.6 Å². The SMILES string of the molecule is CC1(C)CNC(c2ccccc2Cl)c2ccccc21. The smallest absolute Gasteiger partial charge is 0.0594 e. The summed E-state index contributed by atoms with van der Waals surface area (Å²) >= 11 is 6.36. The van der Waals surface area contributed by atoms with Crippen LogP contribution in [0.25, 0.3) is 0 Å². The van der Waals surface area contributed by atoms with E-state index < -0.39 is 0 Å². The van der Waals surface area contributed by atoms with E-state index >= 15 is 0 Å². The van der Waals surface area contributed by atoms with Crippen LogP contribution in [0.3, 0.4) is 0 Å². The summed E-state index contributed by atoms with van der Waals surface area (Å²) in [6.07, 6.45) is 0. The van der Waals surface area contributed by atoms with Crippen molar-refractivity contribution < 1.29 is 0 Å². The first kappa shape index (κ1) is 12.7. The van der Waals surface area contributed by atoms with E-state index in [-0.39, 0.29) is 11.5 Å². The second-order valence-electron chi connectivity index (χ2n) is 5.81. The summed E-state index contributed by atoms with van der Waals surface area (Å²) in [5.41, 5.74) is 4.08. The van der Waals surface area contributed by atoms with Crippen LogP contribution >= 0.6 is 11.6 Å². The monoisotopic (exact) mass is 271 g/mol. The van der Waals surface area contributed by atoms with E-state index in [4.69, 9.17) is 11.6 Å². The van der Waals surface area contributed by atoms with Crippen LogP contribution in [0, 0.1) is 0 Å². The van der Waals surface area contributed by atoms with Crippen LogP contribution in [0.1, 0.15) is 36.6 Å². The zero-order valence-corrected chi connectivity index (χ0v) is 12.0. The predicted molar refractivity (Wildman–Crippen MR) is 80.8 cm³/mol. The maximum atomic E-state index is 6.36. The Morgan fingerprint density at radius 2 is 1.63 bits per heavy atom. The Bertz CT molecular complexity index is 604. The van der Waals surface area contributed by atoms with Gasteiger partial charge in [-0.2, -0.15) is 0 Å². The second kappa shape index (κ2) is 4.66. The van der Waals surface area contributed by atoms with E-state index in [1.54, 1.807) is 0 Å². The Balaban J connectivity index is 2.14. The molecule has 2 heteroatoms. The fourth-order valence-electron chi connectivity index (χ4n) is 2.91. The Kier molecular flexibility index (Phi) is 3.12. The summed E-state index contributed by atoms with van der Waals surface area (Å²) < 4.78 is 0. The first-order valence-electron chi connectivity index (χ1n) is 6.67. The molecule has 2 aromatic rings. The normalized spacial score (nSPS) is 20.9. The third kappa shape index (κ3) is 2.18. The number of benzene rings is 2. The molecular weight excluding hydrogens is 254 g/mol. The van der Waals surface area contributed by atoms with Crippen molar-refractivity contribution in [3.8, 4) is 0 Å². The van der Waals surface area contributed by atoms with Gasteiger partial charge in [0.25, 0.3) is 0 Å². The van der Waals surface area contributed by atoms with E-state index in [0.717, 1.165) is 17.1 Å². The molecule has 1 unspecified atom stereocenters. The molecule has 0 aromatic heterocycles. The third-order valence-electron chi connectivity index (χ3n) is 3.97. The topological polar surface area (TPSA) is 12.0 Å². The highest BCUT2D eigenvalue weighted by atomic mass is 35.5. The van der Waals surface area contributed by atoms with Crippen molar-refractivity contribution in [2.24, 2.45) is 0 Å². The van der Waals surface area contributed by atoms with Crippen molar-refractivity contribution in [1.29, 1.82) is 0 Å². The van der Waals surface area contributed by atoms with Crippen LogP contribution in [-0.4, -0.2) is 6.54 Å². The van der Waals surface area contributed by atoms with E-state index in [1.807, 2.05) is 18.2 Å². The summed E-state index contributed by atoms with van der Waals surface area (Å²) in [5, 5.41) is 4.47. The molecule has 0 bridgehead atoms. The third-order valence-corrected chi connectivity index (χ3v) is 4.31. The largest absolute Gasteiger partial charge is 0.305 e. The van der Waals surface area contributed by atoms with Gasteiger partial charge in [0, 0.05) is 17.0 Å². The summed E-state index contributed by atoms with van der Waals surface area (Å²) in [5.74, 6) is 0. The van der Waals surface area contributed by atoms with Gasteiger partial charge in [-0.15, -0.1) is 0 Å². The highest BCUT2D eigenvalue weighted by Gasteiger charge is 2.33. The number of fused-ring (bicyclic) bond motifs is 1. The molecule has 1 aliphatic rings. The van der Waals surface area contributed by atoms with Gasteiger partial charge in [-0.1, -0.05) is 67.9 Å². The van der Waals surface area contributed by atoms with Crippen LogP contribution in [0.2, 0.25) is 5.02 Å². The maximum Gasteiger partial charge on any atom is 0.0594 e. The van der Waals surface area contributed by atoms with E-state index in [0.29, 0.717) is 0 Å². The standard InChI is InChI=1S/C17H18ClN/c1-17(2)11-19-16(12-7-3-5-9-14(12)17)13-8-4-6-10-15(13)18/h3-10,16,19H,11H2,1-2H3. The molecule has 2 aromatic carbocycles. The molecule has 98 valence electrons. The number of hydrogen-bond donors (Lipinski definition) is 1. The lowest BCUT2D eigenvalue weighted by molar-refractivity contribution is 0.407. The summed E-state index contributed by atoms with van der Waals surface area (Å²) in [7, 11) is 0. The molecule has 1 atom stereocenters. The van der Waals surface area contributed by atoms with E-state index in [1.165, 1.54) is 11.1 Å². The zero-order chi connectivity index (χ0) is 13.5. The Morgan fingerprint density at radius 1 is 1.00 bits per heavy atom.